The maximum Gasteiger partial charge on any atom is 0.195 e. The second kappa shape index (κ2) is 5.74. The van der Waals surface area contributed by atoms with Gasteiger partial charge in [-0.1, -0.05) is 0 Å². The van der Waals surface area contributed by atoms with Crippen molar-refractivity contribution in [1.29, 1.82) is 0 Å². The molecule has 2 aromatic carbocycles. The lowest BCUT2D eigenvalue weighted by Gasteiger charge is -2.08. The SMILES string of the molecule is COc1ccc(C(=O)c2ccc(OC)c(C)c2)c(F)c1. The largest absolute Gasteiger partial charge is 0.497 e. The molecule has 0 unspecified atom stereocenters. The van der Waals surface area contributed by atoms with Gasteiger partial charge in [0.15, 0.2) is 5.78 Å². The smallest absolute Gasteiger partial charge is 0.195 e. The van der Waals surface area contributed by atoms with Gasteiger partial charge in [-0.3, -0.25) is 4.79 Å². The van der Waals surface area contributed by atoms with E-state index in [1.165, 1.54) is 19.2 Å². The number of hydrogen-bond acceptors (Lipinski definition) is 3. The van der Waals surface area contributed by atoms with Gasteiger partial charge in [0.2, 0.25) is 0 Å². The molecule has 0 fully saturated rings. The fourth-order valence-electron chi connectivity index (χ4n) is 1.98. The molecule has 0 aliphatic carbocycles. The minimum absolute atomic E-state index is 0.0235. The second-order valence-corrected chi connectivity index (χ2v) is 4.36. The third kappa shape index (κ3) is 2.64. The first-order valence-corrected chi connectivity index (χ1v) is 6.09. The minimum Gasteiger partial charge on any atom is -0.497 e. The standard InChI is InChI=1S/C16H15FO3/c1-10-8-11(4-7-15(10)20-3)16(18)13-6-5-12(19-2)9-14(13)17/h4-9H,1-3H3. The number of carbonyl (C=O) groups excluding carboxylic acids is 1. The van der Waals surface area contributed by atoms with Crippen molar-refractivity contribution in [3.8, 4) is 11.5 Å². The molecular weight excluding hydrogens is 259 g/mol. The topological polar surface area (TPSA) is 35.5 Å². The normalized spacial score (nSPS) is 10.2. The third-order valence-electron chi connectivity index (χ3n) is 3.08. The molecule has 4 heteroatoms. The number of aryl methyl sites for hydroxylation is 1. The zero-order valence-corrected chi connectivity index (χ0v) is 11.6. The van der Waals surface area contributed by atoms with Crippen molar-refractivity contribution in [2.24, 2.45) is 0 Å². The summed E-state index contributed by atoms with van der Waals surface area (Å²) < 4.78 is 23.9. The Morgan fingerprint density at radius 2 is 1.80 bits per heavy atom. The van der Waals surface area contributed by atoms with Crippen molar-refractivity contribution < 1.29 is 18.7 Å². The monoisotopic (exact) mass is 274 g/mol. The summed E-state index contributed by atoms with van der Waals surface area (Å²) >= 11 is 0. The summed E-state index contributed by atoms with van der Waals surface area (Å²) in [6, 6.07) is 9.19. The van der Waals surface area contributed by atoms with Crippen LogP contribution in [0.3, 0.4) is 0 Å². The van der Waals surface area contributed by atoms with E-state index in [9.17, 15) is 9.18 Å². The number of benzene rings is 2. The molecule has 104 valence electrons. The molecule has 0 saturated heterocycles. The molecule has 0 N–H and O–H groups in total. The molecule has 0 aromatic heterocycles. The Hall–Kier alpha value is -2.36. The van der Waals surface area contributed by atoms with Crippen molar-refractivity contribution in [2.45, 2.75) is 6.92 Å². The van der Waals surface area contributed by atoms with E-state index in [0.717, 1.165) is 5.56 Å². The fourth-order valence-corrected chi connectivity index (χ4v) is 1.98. The summed E-state index contributed by atoms with van der Waals surface area (Å²) in [6.07, 6.45) is 0. The highest BCUT2D eigenvalue weighted by Gasteiger charge is 2.15. The van der Waals surface area contributed by atoms with Crippen molar-refractivity contribution in [3.63, 3.8) is 0 Å². The van der Waals surface area contributed by atoms with Crippen LogP contribution < -0.4 is 9.47 Å². The molecule has 0 saturated carbocycles. The average molecular weight is 274 g/mol. The van der Waals surface area contributed by atoms with Crippen molar-refractivity contribution >= 4 is 5.78 Å². The number of hydrogen-bond donors (Lipinski definition) is 0. The predicted molar refractivity (Wildman–Crippen MR) is 74.1 cm³/mol. The van der Waals surface area contributed by atoms with Crippen LogP contribution in [0.5, 0.6) is 11.5 Å². The van der Waals surface area contributed by atoms with Crippen LogP contribution in [0, 0.1) is 12.7 Å². The van der Waals surface area contributed by atoms with Crippen LogP contribution >= 0.6 is 0 Å². The lowest BCUT2D eigenvalue weighted by atomic mass is 10.0. The Kier molecular flexibility index (Phi) is 4.03. The third-order valence-corrected chi connectivity index (χ3v) is 3.08. The highest BCUT2D eigenvalue weighted by Crippen LogP contribution is 2.23. The van der Waals surface area contributed by atoms with Gasteiger partial charge in [-0.2, -0.15) is 0 Å². The molecule has 0 amide bonds. The van der Waals surface area contributed by atoms with Gasteiger partial charge in [-0.25, -0.2) is 4.39 Å². The minimum atomic E-state index is -0.595. The quantitative estimate of drug-likeness (QED) is 0.802. The number of methoxy groups -OCH3 is 2. The molecule has 0 aliphatic heterocycles. The van der Waals surface area contributed by atoms with E-state index < -0.39 is 5.82 Å². The van der Waals surface area contributed by atoms with Gasteiger partial charge < -0.3 is 9.47 Å². The second-order valence-electron chi connectivity index (χ2n) is 4.36. The van der Waals surface area contributed by atoms with Gasteiger partial charge >= 0.3 is 0 Å². The van der Waals surface area contributed by atoms with Gasteiger partial charge in [0.1, 0.15) is 17.3 Å². The molecule has 0 bridgehead atoms. The molecule has 2 aromatic rings. The number of ether oxygens (including phenoxy) is 2. The zero-order valence-electron chi connectivity index (χ0n) is 11.6. The maximum absolute atomic E-state index is 13.9. The molecule has 0 aliphatic rings. The predicted octanol–water partition coefficient (Wildman–Crippen LogP) is 3.38. The molecule has 0 radical (unpaired) electrons. The highest BCUT2D eigenvalue weighted by atomic mass is 19.1. The average Bonchev–Trinajstić information content (AvgIpc) is 2.46. The van der Waals surface area contributed by atoms with Crippen LogP contribution in [-0.2, 0) is 0 Å². The van der Waals surface area contributed by atoms with Crippen LogP contribution in [0.25, 0.3) is 0 Å². The zero-order chi connectivity index (χ0) is 14.7. The lowest BCUT2D eigenvalue weighted by Crippen LogP contribution is -2.05. The number of carbonyl (C=O) groups is 1. The molecule has 3 nitrogen and oxygen atoms in total. The van der Waals surface area contributed by atoms with Crippen LogP contribution in [0.15, 0.2) is 36.4 Å². The van der Waals surface area contributed by atoms with Crippen molar-refractivity contribution in [2.75, 3.05) is 14.2 Å². The van der Waals surface area contributed by atoms with Gasteiger partial charge in [-0.15, -0.1) is 0 Å². The van der Waals surface area contributed by atoms with Crippen LogP contribution in [0.2, 0.25) is 0 Å². The molecule has 0 heterocycles. The Morgan fingerprint density at radius 3 is 2.35 bits per heavy atom. The van der Waals surface area contributed by atoms with Crippen molar-refractivity contribution in [1.82, 2.24) is 0 Å². The summed E-state index contributed by atoms with van der Waals surface area (Å²) in [5, 5.41) is 0. The van der Waals surface area contributed by atoms with Gasteiger partial charge in [0.25, 0.3) is 0 Å². The fraction of sp³-hybridized carbons (Fsp3) is 0.188. The molecule has 0 spiro atoms. The van der Waals surface area contributed by atoms with Crippen LogP contribution in [-0.4, -0.2) is 20.0 Å². The summed E-state index contributed by atoms with van der Waals surface area (Å²) in [4.78, 5) is 12.3. The molecule has 0 atom stereocenters. The lowest BCUT2D eigenvalue weighted by molar-refractivity contribution is 0.103. The number of halogens is 1. The van der Waals surface area contributed by atoms with E-state index in [-0.39, 0.29) is 11.3 Å². The first-order valence-electron chi connectivity index (χ1n) is 6.09. The molecule has 20 heavy (non-hydrogen) atoms. The van der Waals surface area contributed by atoms with Gasteiger partial charge in [0.05, 0.1) is 19.8 Å². The van der Waals surface area contributed by atoms with Gasteiger partial charge in [-0.05, 0) is 42.8 Å². The Bertz CT molecular complexity index is 650. The number of ketones is 1. The van der Waals surface area contributed by atoms with Gasteiger partial charge in [0, 0.05) is 11.6 Å². The summed E-state index contributed by atoms with van der Waals surface area (Å²) in [7, 11) is 3.01. The Labute approximate surface area is 117 Å². The molecular formula is C16H15FO3. The van der Waals surface area contributed by atoms with E-state index in [1.807, 2.05) is 6.92 Å². The summed E-state index contributed by atoms with van der Waals surface area (Å²) in [5.74, 6) is 0.112. The first-order chi connectivity index (χ1) is 9.56. The molecule has 2 rings (SSSR count). The Balaban J connectivity index is 2.38. The number of rotatable bonds is 4. The maximum atomic E-state index is 13.9. The van der Waals surface area contributed by atoms with Crippen LogP contribution in [0.1, 0.15) is 21.5 Å². The summed E-state index contributed by atoms with van der Waals surface area (Å²) in [6.45, 7) is 1.83. The highest BCUT2D eigenvalue weighted by molar-refractivity contribution is 6.09. The first kappa shape index (κ1) is 14.1. The van der Waals surface area contributed by atoms with Crippen molar-refractivity contribution in [3.05, 3.63) is 58.9 Å². The van der Waals surface area contributed by atoms with Crippen LogP contribution in [0.4, 0.5) is 4.39 Å². The van der Waals surface area contributed by atoms with E-state index in [0.29, 0.717) is 17.1 Å². The Morgan fingerprint density at radius 1 is 1.05 bits per heavy atom. The van der Waals surface area contributed by atoms with E-state index in [1.54, 1.807) is 31.4 Å². The van der Waals surface area contributed by atoms with E-state index in [2.05, 4.69) is 0 Å². The van der Waals surface area contributed by atoms with E-state index in [4.69, 9.17) is 9.47 Å². The summed E-state index contributed by atoms with van der Waals surface area (Å²) in [5.41, 5.74) is 1.27. The van der Waals surface area contributed by atoms with E-state index >= 15 is 0 Å².